The number of amides is 1. The van der Waals surface area contributed by atoms with Gasteiger partial charge in [-0.1, -0.05) is 36.4 Å². The Morgan fingerprint density at radius 2 is 1.73 bits per heavy atom. The number of anilines is 2. The maximum atomic E-state index is 13.4. The lowest BCUT2D eigenvalue weighted by molar-refractivity contribution is -0.137. The number of nitrogens with zero attached hydrogens (tertiary/aromatic N) is 3. The molecular weight excluding hydrogens is 542 g/mol. The first-order valence-electron chi connectivity index (χ1n) is 12.3. The molecule has 0 radical (unpaired) electrons. The van der Waals surface area contributed by atoms with Crippen molar-refractivity contribution in [2.24, 2.45) is 0 Å². The van der Waals surface area contributed by atoms with E-state index in [9.17, 15) is 27.5 Å². The molecule has 2 aromatic carbocycles. The highest BCUT2D eigenvalue weighted by Crippen LogP contribution is 2.31. The molecule has 0 spiro atoms. The number of H-pyrrole nitrogens is 1. The Labute approximate surface area is 230 Å². The van der Waals surface area contributed by atoms with Gasteiger partial charge in [0.05, 0.1) is 29.2 Å². The fourth-order valence-electron chi connectivity index (χ4n) is 4.18. The second-order valence-corrected chi connectivity index (χ2v) is 9.16. The van der Waals surface area contributed by atoms with Crippen LogP contribution in [-0.2, 0) is 12.7 Å². The fourth-order valence-corrected chi connectivity index (χ4v) is 4.18. The summed E-state index contributed by atoms with van der Waals surface area (Å²) in [7, 11) is 0. The summed E-state index contributed by atoms with van der Waals surface area (Å²) in [6.45, 7) is -0.416. The van der Waals surface area contributed by atoms with Crippen molar-refractivity contribution < 1.29 is 27.5 Å². The maximum Gasteiger partial charge on any atom is 0.417 e. The Balaban J connectivity index is 1.35. The van der Waals surface area contributed by atoms with Crippen LogP contribution in [0.4, 0.5) is 29.2 Å². The lowest BCUT2D eigenvalue weighted by Crippen LogP contribution is -2.31. The van der Waals surface area contributed by atoms with Gasteiger partial charge in [-0.3, -0.25) is 9.89 Å². The molecule has 3 aromatic heterocycles. The number of nitrogens with one attached hydrogen (secondary N) is 3. The average molecular weight is 566 g/mol. The monoisotopic (exact) mass is 565 g/mol. The molecule has 0 saturated heterocycles. The molecule has 0 saturated carbocycles. The Morgan fingerprint density at radius 3 is 2.41 bits per heavy atom. The number of rotatable bonds is 8. The van der Waals surface area contributed by atoms with E-state index < -0.39 is 36.1 Å². The Kier molecular flexibility index (Phi) is 7.53. The Morgan fingerprint density at radius 1 is 1.00 bits per heavy atom. The summed E-state index contributed by atoms with van der Waals surface area (Å²) in [6, 6.07) is 13.9. The lowest BCUT2D eigenvalue weighted by atomic mass is 10.0. The minimum atomic E-state index is -4.73. The molecule has 0 unspecified atom stereocenters. The van der Waals surface area contributed by atoms with Crippen LogP contribution in [0.1, 0.15) is 33.1 Å². The van der Waals surface area contributed by atoms with E-state index in [0.717, 1.165) is 28.8 Å². The molecular formula is C28H23F4N7O2. The lowest BCUT2D eigenvalue weighted by Gasteiger charge is -2.19. The number of aromatic amines is 1. The van der Waals surface area contributed by atoms with Crippen LogP contribution >= 0.6 is 0 Å². The predicted molar refractivity (Wildman–Crippen MR) is 144 cm³/mol. The summed E-state index contributed by atoms with van der Waals surface area (Å²) in [5.41, 5.74) is 7.72. The molecule has 5 aromatic rings. The smallest absolute Gasteiger partial charge is 0.394 e. The average Bonchev–Trinajstić information content (AvgIpc) is 3.34. The molecule has 0 bridgehead atoms. The van der Waals surface area contributed by atoms with E-state index in [4.69, 9.17) is 5.73 Å². The first kappa shape index (κ1) is 27.5. The number of carbonyl (C=O) groups is 1. The molecule has 1 atom stereocenters. The summed E-state index contributed by atoms with van der Waals surface area (Å²) in [5.74, 6) is -1.09. The minimum Gasteiger partial charge on any atom is -0.394 e. The number of nitrogen functional groups attached to an aromatic ring is 1. The number of aliphatic hydroxyl groups excluding tert-OH is 1. The highest BCUT2D eigenvalue weighted by Gasteiger charge is 2.33. The second kappa shape index (κ2) is 11.2. The predicted octanol–water partition coefficient (Wildman–Crippen LogP) is 4.84. The summed E-state index contributed by atoms with van der Waals surface area (Å²) >= 11 is 0. The van der Waals surface area contributed by atoms with E-state index in [1.807, 2.05) is 30.3 Å². The number of benzene rings is 2. The van der Waals surface area contributed by atoms with E-state index in [-0.39, 0.29) is 17.9 Å². The van der Waals surface area contributed by atoms with Gasteiger partial charge in [0, 0.05) is 24.5 Å². The third-order valence-electron chi connectivity index (χ3n) is 6.41. The number of nitrogens with two attached hydrogens (primary N) is 1. The highest BCUT2D eigenvalue weighted by atomic mass is 19.4. The van der Waals surface area contributed by atoms with Crippen molar-refractivity contribution >= 4 is 28.6 Å². The van der Waals surface area contributed by atoms with Crippen LogP contribution in [0.15, 0.2) is 73.1 Å². The van der Waals surface area contributed by atoms with Crippen LogP contribution in [0.3, 0.4) is 0 Å². The first-order chi connectivity index (χ1) is 19.6. The van der Waals surface area contributed by atoms with Crippen molar-refractivity contribution in [3.05, 3.63) is 101 Å². The van der Waals surface area contributed by atoms with Gasteiger partial charge in [-0.15, -0.1) is 0 Å². The van der Waals surface area contributed by atoms with Gasteiger partial charge < -0.3 is 21.5 Å². The number of halogens is 4. The molecule has 9 nitrogen and oxygen atoms in total. The van der Waals surface area contributed by atoms with Gasteiger partial charge in [-0.25, -0.2) is 14.4 Å². The van der Waals surface area contributed by atoms with Crippen molar-refractivity contribution in [3.8, 4) is 11.1 Å². The van der Waals surface area contributed by atoms with Crippen LogP contribution < -0.4 is 16.4 Å². The first-order valence-corrected chi connectivity index (χ1v) is 12.3. The third kappa shape index (κ3) is 6.09. The summed E-state index contributed by atoms with van der Waals surface area (Å²) in [6.07, 6.45) is -2.43. The normalized spacial score (nSPS) is 12.3. The van der Waals surface area contributed by atoms with Crippen molar-refractivity contribution in [1.29, 1.82) is 0 Å². The summed E-state index contributed by atoms with van der Waals surface area (Å²) in [5, 5.41) is 22.6. The molecule has 0 aliphatic carbocycles. The SMILES string of the molecule is Nc1[nH]nc2ncc(-c3ccc(CNc4ncc(C(F)(F)F)cc4C(=O)N[C@@H](CO)c4ccc(F)cc4)cc3)cc12. The van der Waals surface area contributed by atoms with Crippen LogP contribution in [0.2, 0.25) is 0 Å². The standard InChI is InChI=1S/C28H23F4N7O2/c29-20-7-5-17(6-8-20)23(14-40)37-27(41)22-10-19(28(30,31)32)13-36-25(22)34-11-15-1-3-16(4-2-15)18-9-21-24(33)38-39-26(21)35-12-18/h1-10,12-13,23,40H,11,14H2,(H,34,36)(H,37,41)(H3,33,35,38,39)/t23-/m0/s1. The van der Waals surface area contributed by atoms with Gasteiger partial charge in [-0.2, -0.15) is 18.3 Å². The minimum absolute atomic E-state index is 0.0829. The number of alkyl halides is 3. The van der Waals surface area contributed by atoms with E-state index in [1.54, 1.807) is 6.20 Å². The molecule has 0 aliphatic heterocycles. The molecule has 41 heavy (non-hydrogen) atoms. The van der Waals surface area contributed by atoms with Gasteiger partial charge in [0.2, 0.25) is 0 Å². The third-order valence-corrected chi connectivity index (χ3v) is 6.41. The molecule has 6 N–H and O–H groups in total. The van der Waals surface area contributed by atoms with E-state index in [0.29, 0.717) is 34.7 Å². The quantitative estimate of drug-likeness (QED) is 0.170. The van der Waals surface area contributed by atoms with Gasteiger partial charge in [0.25, 0.3) is 5.91 Å². The van der Waals surface area contributed by atoms with Crippen LogP contribution in [0.5, 0.6) is 0 Å². The Hall–Kier alpha value is -5.04. The number of carbonyl (C=O) groups excluding carboxylic acids is 1. The zero-order chi connectivity index (χ0) is 29.1. The highest BCUT2D eigenvalue weighted by molar-refractivity contribution is 5.99. The van der Waals surface area contributed by atoms with Crippen molar-refractivity contribution in [3.63, 3.8) is 0 Å². The number of aliphatic hydroxyl groups is 1. The molecule has 5 rings (SSSR count). The number of fused-ring (bicyclic) bond motifs is 1. The van der Waals surface area contributed by atoms with E-state index in [1.165, 1.54) is 12.1 Å². The van der Waals surface area contributed by atoms with Crippen molar-refractivity contribution in [1.82, 2.24) is 25.5 Å². The molecule has 0 aliphatic rings. The van der Waals surface area contributed by atoms with Gasteiger partial charge in [-0.05, 0) is 41.0 Å². The van der Waals surface area contributed by atoms with Crippen LogP contribution in [-0.4, -0.2) is 37.8 Å². The Bertz CT molecular complexity index is 1690. The maximum absolute atomic E-state index is 13.4. The number of hydrogen-bond acceptors (Lipinski definition) is 7. The molecule has 210 valence electrons. The van der Waals surface area contributed by atoms with E-state index in [2.05, 4.69) is 30.8 Å². The largest absolute Gasteiger partial charge is 0.417 e. The van der Waals surface area contributed by atoms with Gasteiger partial charge in [0.15, 0.2) is 5.65 Å². The molecule has 13 heteroatoms. The van der Waals surface area contributed by atoms with Crippen LogP contribution in [0, 0.1) is 5.82 Å². The number of hydrogen-bond donors (Lipinski definition) is 5. The molecule has 1 amide bonds. The van der Waals surface area contributed by atoms with Crippen molar-refractivity contribution in [2.75, 3.05) is 17.7 Å². The van der Waals surface area contributed by atoms with Gasteiger partial charge in [0.1, 0.15) is 17.5 Å². The number of pyridine rings is 2. The van der Waals surface area contributed by atoms with Crippen molar-refractivity contribution in [2.45, 2.75) is 18.8 Å². The zero-order valence-corrected chi connectivity index (χ0v) is 21.2. The molecule has 0 fully saturated rings. The fraction of sp³-hybridized carbons (Fsp3) is 0.143. The second-order valence-electron chi connectivity index (χ2n) is 9.16. The van der Waals surface area contributed by atoms with Gasteiger partial charge >= 0.3 is 6.18 Å². The zero-order valence-electron chi connectivity index (χ0n) is 21.2. The summed E-state index contributed by atoms with van der Waals surface area (Å²) in [4.78, 5) is 21.2. The number of aromatic nitrogens is 4. The summed E-state index contributed by atoms with van der Waals surface area (Å²) < 4.78 is 53.6. The molecule has 3 heterocycles. The van der Waals surface area contributed by atoms with Crippen LogP contribution in [0.25, 0.3) is 22.2 Å². The topological polar surface area (TPSA) is 142 Å². The van der Waals surface area contributed by atoms with E-state index >= 15 is 0 Å².